The first-order valence-electron chi connectivity index (χ1n) is 8.89. The number of nitrogens with zero attached hydrogens (tertiary/aromatic N) is 7. The summed E-state index contributed by atoms with van der Waals surface area (Å²) in [6, 6.07) is 0. The van der Waals surface area contributed by atoms with Gasteiger partial charge in [-0.25, -0.2) is 0 Å². The van der Waals surface area contributed by atoms with Gasteiger partial charge in [0.2, 0.25) is 5.91 Å². The number of amides is 1. The van der Waals surface area contributed by atoms with Crippen molar-refractivity contribution in [1.29, 1.82) is 0 Å². The van der Waals surface area contributed by atoms with Gasteiger partial charge in [-0.3, -0.25) is 29.0 Å². The molecular formula is C17H22N8O3. The topological polar surface area (TPSA) is 126 Å². The fourth-order valence-electron chi connectivity index (χ4n) is 2.89. The van der Waals surface area contributed by atoms with E-state index in [1.54, 1.807) is 24.0 Å². The van der Waals surface area contributed by atoms with Crippen molar-refractivity contribution in [3.05, 3.63) is 51.9 Å². The molecule has 0 aliphatic carbocycles. The summed E-state index contributed by atoms with van der Waals surface area (Å²) in [4.78, 5) is 22.5. The molecule has 1 N–H and O–H groups in total. The Labute approximate surface area is 161 Å². The lowest BCUT2D eigenvalue weighted by Gasteiger charge is -2.04. The quantitative estimate of drug-likeness (QED) is 0.465. The first-order chi connectivity index (χ1) is 13.4. The van der Waals surface area contributed by atoms with E-state index in [1.165, 1.54) is 10.9 Å². The fourth-order valence-corrected chi connectivity index (χ4v) is 2.89. The standard InChI is InChI=1S/C17H22N8O3/c1-4-24-13(3)14(7-19-24)9-23-10-15(8-18-23)20-17(26)5-6-22-11-16(25(27)28)12(2)21-22/h7-8,10-11H,4-6,9H2,1-3H3,(H,20,26). The summed E-state index contributed by atoms with van der Waals surface area (Å²) in [5.74, 6) is -0.217. The minimum Gasteiger partial charge on any atom is -0.323 e. The summed E-state index contributed by atoms with van der Waals surface area (Å²) in [5, 5.41) is 26.2. The molecule has 3 rings (SSSR count). The zero-order valence-electron chi connectivity index (χ0n) is 16.0. The van der Waals surface area contributed by atoms with Gasteiger partial charge in [0, 0.05) is 37.0 Å². The number of anilines is 1. The van der Waals surface area contributed by atoms with Gasteiger partial charge in [-0.1, -0.05) is 0 Å². The van der Waals surface area contributed by atoms with Gasteiger partial charge in [0.25, 0.3) is 0 Å². The molecule has 0 fully saturated rings. The Hall–Kier alpha value is -3.50. The number of carbonyl (C=O) groups is 1. The van der Waals surface area contributed by atoms with E-state index in [0.29, 0.717) is 17.9 Å². The van der Waals surface area contributed by atoms with Crippen LogP contribution in [0.2, 0.25) is 0 Å². The number of rotatable bonds is 8. The number of hydrogen-bond donors (Lipinski definition) is 1. The zero-order valence-corrected chi connectivity index (χ0v) is 16.0. The first-order valence-corrected chi connectivity index (χ1v) is 8.89. The molecule has 0 aromatic carbocycles. The van der Waals surface area contributed by atoms with Crippen molar-refractivity contribution in [1.82, 2.24) is 29.3 Å². The van der Waals surface area contributed by atoms with Gasteiger partial charge < -0.3 is 5.32 Å². The number of nitro groups is 1. The van der Waals surface area contributed by atoms with E-state index in [2.05, 4.69) is 20.6 Å². The summed E-state index contributed by atoms with van der Waals surface area (Å²) in [7, 11) is 0. The predicted octanol–water partition coefficient (Wildman–Crippen LogP) is 1.90. The molecule has 0 atom stereocenters. The number of carbonyl (C=O) groups excluding carboxylic acids is 1. The van der Waals surface area contributed by atoms with Crippen LogP contribution in [0.3, 0.4) is 0 Å². The maximum Gasteiger partial charge on any atom is 0.309 e. The first kappa shape index (κ1) is 19.3. The lowest BCUT2D eigenvalue weighted by molar-refractivity contribution is -0.385. The van der Waals surface area contributed by atoms with Crippen LogP contribution in [0.25, 0.3) is 0 Å². The van der Waals surface area contributed by atoms with E-state index in [-0.39, 0.29) is 24.6 Å². The van der Waals surface area contributed by atoms with Crippen LogP contribution in [0, 0.1) is 24.0 Å². The van der Waals surface area contributed by atoms with Gasteiger partial charge >= 0.3 is 5.69 Å². The molecule has 0 spiro atoms. The highest BCUT2D eigenvalue weighted by atomic mass is 16.6. The summed E-state index contributed by atoms with van der Waals surface area (Å²) < 4.78 is 5.06. The van der Waals surface area contributed by atoms with Crippen molar-refractivity contribution in [3.8, 4) is 0 Å². The van der Waals surface area contributed by atoms with Crippen LogP contribution in [-0.2, 0) is 24.4 Å². The summed E-state index contributed by atoms with van der Waals surface area (Å²) in [5.41, 5.74) is 3.02. The molecule has 0 saturated carbocycles. The molecule has 11 nitrogen and oxygen atoms in total. The lowest BCUT2D eigenvalue weighted by atomic mass is 10.2. The molecule has 0 bridgehead atoms. The van der Waals surface area contributed by atoms with Gasteiger partial charge in [-0.05, 0) is 20.8 Å². The molecule has 0 aliphatic rings. The SMILES string of the molecule is CCn1ncc(Cn2cc(NC(=O)CCn3cc([N+](=O)[O-])c(C)n3)cn2)c1C. The Morgan fingerprint density at radius 2 is 2.00 bits per heavy atom. The number of nitrogens with one attached hydrogen (secondary N) is 1. The largest absolute Gasteiger partial charge is 0.323 e. The normalized spacial score (nSPS) is 11.0. The Kier molecular flexibility index (Phi) is 5.52. The molecule has 3 aromatic heterocycles. The van der Waals surface area contributed by atoms with Gasteiger partial charge in [-0.15, -0.1) is 0 Å². The van der Waals surface area contributed by atoms with Crippen molar-refractivity contribution in [3.63, 3.8) is 0 Å². The molecule has 1 amide bonds. The Balaban J connectivity index is 1.54. The van der Waals surface area contributed by atoms with Gasteiger partial charge in [0.1, 0.15) is 11.9 Å². The van der Waals surface area contributed by atoms with Gasteiger partial charge in [-0.2, -0.15) is 15.3 Å². The van der Waals surface area contributed by atoms with Crippen LogP contribution in [0.5, 0.6) is 0 Å². The smallest absolute Gasteiger partial charge is 0.309 e. The number of aryl methyl sites for hydroxylation is 3. The van der Waals surface area contributed by atoms with Crippen molar-refractivity contribution in [2.75, 3.05) is 5.32 Å². The molecule has 0 radical (unpaired) electrons. The minimum atomic E-state index is -0.487. The Morgan fingerprint density at radius 1 is 1.21 bits per heavy atom. The maximum absolute atomic E-state index is 12.1. The average Bonchev–Trinajstić information content (AvgIpc) is 3.34. The van der Waals surface area contributed by atoms with E-state index in [4.69, 9.17) is 0 Å². The van der Waals surface area contributed by atoms with Gasteiger partial charge in [0.05, 0.1) is 29.5 Å². The van der Waals surface area contributed by atoms with E-state index < -0.39 is 4.92 Å². The fraction of sp³-hybridized carbons (Fsp3) is 0.412. The second-order valence-electron chi connectivity index (χ2n) is 6.42. The van der Waals surface area contributed by atoms with Crippen LogP contribution < -0.4 is 5.32 Å². The second kappa shape index (κ2) is 8.03. The van der Waals surface area contributed by atoms with Crippen molar-refractivity contribution in [2.45, 2.75) is 46.8 Å². The third-order valence-electron chi connectivity index (χ3n) is 4.44. The Morgan fingerprint density at radius 3 is 2.64 bits per heavy atom. The van der Waals surface area contributed by atoms with Crippen LogP contribution in [0.4, 0.5) is 11.4 Å². The van der Waals surface area contributed by atoms with E-state index in [9.17, 15) is 14.9 Å². The van der Waals surface area contributed by atoms with Crippen LogP contribution in [0.1, 0.15) is 30.3 Å². The molecule has 3 aromatic rings. The molecule has 0 aliphatic heterocycles. The van der Waals surface area contributed by atoms with Crippen molar-refractivity contribution >= 4 is 17.3 Å². The van der Waals surface area contributed by atoms with Crippen molar-refractivity contribution < 1.29 is 9.72 Å². The molecule has 0 saturated heterocycles. The molecule has 3 heterocycles. The summed E-state index contributed by atoms with van der Waals surface area (Å²) >= 11 is 0. The van der Waals surface area contributed by atoms with Crippen molar-refractivity contribution in [2.24, 2.45) is 0 Å². The highest BCUT2D eigenvalue weighted by molar-refractivity contribution is 5.90. The zero-order chi connectivity index (χ0) is 20.3. The lowest BCUT2D eigenvalue weighted by Crippen LogP contribution is -2.14. The number of aromatic nitrogens is 6. The maximum atomic E-state index is 12.1. The van der Waals surface area contributed by atoms with Gasteiger partial charge in [0.15, 0.2) is 0 Å². The van der Waals surface area contributed by atoms with E-state index in [0.717, 1.165) is 17.8 Å². The van der Waals surface area contributed by atoms with Crippen LogP contribution in [0.15, 0.2) is 24.8 Å². The summed E-state index contributed by atoms with van der Waals surface area (Å²) in [6.07, 6.45) is 6.64. The highest BCUT2D eigenvalue weighted by Gasteiger charge is 2.16. The molecule has 148 valence electrons. The molecule has 0 unspecified atom stereocenters. The van der Waals surface area contributed by atoms with E-state index in [1.807, 2.05) is 24.7 Å². The second-order valence-corrected chi connectivity index (χ2v) is 6.42. The minimum absolute atomic E-state index is 0.0524. The average molecular weight is 386 g/mol. The van der Waals surface area contributed by atoms with Crippen LogP contribution >= 0.6 is 0 Å². The Bertz CT molecular complexity index is 1000. The monoisotopic (exact) mass is 386 g/mol. The third-order valence-corrected chi connectivity index (χ3v) is 4.44. The molecule has 11 heteroatoms. The van der Waals surface area contributed by atoms with Crippen LogP contribution in [-0.4, -0.2) is 40.2 Å². The highest BCUT2D eigenvalue weighted by Crippen LogP contribution is 2.15. The summed E-state index contributed by atoms with van der Waals surface area (Å²) in [6.45, 7) is 7.25. The predicted molar refractivity (Wildman–Crippen MR) is 101 cm³/mol. The molecular weight excluding hydrogens is 364 g/mol. The third kappa shape index (κ3) is 4.24. The molecule has 28 heavy (non-hydrogen) atoms. The van der Waals surface area contributed by atoms with E-state index >= 15 is 0 Å². The number of hydrogen-bond acceptors (Lipinski definition) is 6.